The smallest absolute Gasteiger partial charge is 0.255 e. The van der Waals surface area contributed by atoms with E-state index in [1.807, 2.05) is 12.3 Å². The van der Waals surface area contributed by atoms with E-state index in [4.69, 9.17) is 4.74 Å². The van der Waals surface area contributed by atoms with Crippen molar-refractivity contribution >= 4 is 32.8 Å². The lowest BCUT2D eigenvalue weighted by Gasteiger charge is -2.11. The summed E-state index contributed by atoms with van der Waals surface area (Å²) in [5.74, 6) is 0.212. The highest BCUT2D eigenvalue weighted by atomic mass is 32.2. The Hall–Kier alpha value is -2.71. The molecule has 146 valence electrons. The quantitative estimate of drug-likeness (QED) is 0.657. The average molecular weight is 417 g/mol. The molecule has 8 heteroatoms. The van der Waals surface area contributed by atoms with Crippen molar-refractivity contribution < 1.29 is 17.9 Å². The lowest BCUT2D eigenvalue weighted by Crippen LogP contribution is -2.13. The number of hydrogen-bond acceptors (Lipinski definition) is 6. The van der Waals surface area contributed by atoms with E-state index < -0.39 is 9.84 Å². The lowest BCUT2D eigenvalue weighted by atomic mass is 10.1. The van der Waals surface area contributed by atoms with Crippen LogP contribution in [0.2, 0.25) is 0 Å². The summed E-state index contributed by atoms with van der Waals surface area (Å²) in [5, 5.41) is 5.68. The SMILES string of the molecule is Cc1nc(COc2cccc(C(=O)Nc3cc(S(C)(=O)=O)ccc3C)c2)cs1. The van der Waals surface area contributed by atoms with Crippen LogP contribution >= 0.6 is 11.3 Å². The van der Waals surface area contributed by atoms with Gasteiger partial charge in [-0.15, -0.1) is 11.3 Å². The largest absolute Gasteiger partial charge is 0.487 e. The Kier molecular flexibility index (Phi) is 5.81. The number of nitrogens with zero attached hydrogens (tertiary/aromatic N) is 1. The molecule has 1 heterocycles. The third-order valence-corrected chi connectivity index (χ3v) is 5.97. The molecule has 0 aliphatic rings. The molecular formula is C20H20N2O4S2. The molecule has 1 N–H and O–H groups in total. The van der Waals surface area contributed by atoms with E-state index in [9.17, 15) is 13.2 Å². The van der Waals surface area contributed by atoms with Gasteiger partial charge in [0, 0.05) is 22.9 Å². The number of thiazole rings is 1. The monoisotopic (exact) mass is 416 g/mol. The molecule has 6 nitrogen and oxygen atoms in total. The predicted molar refractivity (Wildman–Crippen MR) is 110 cm³/mol. The van der Waals surface area contributed by atoms with Crippen molar-refractivity contribution in [2.75, 3.05) is 11.6 Å². The number of carbonyl (C=O) groups excluding carboxylic acids is 1. The molecule has 28 heavy (non-hydrogen) atoms. The number of ether oxygens (including phenoxy) is 1. The summed E-state index contributed by atoms with van der Waals surface area (Å²) in [6.45, 7) is 4.06. The number of rotatable bonds is 6. The topological polar surface area (TPSA) is 85.4 Å². The zero-order valence-electron chi connectivity index (χ0n) is 15.7. The number of nitrogens with one attached hydrogen (secondary N) is 1. The molecule has 0 saturated carbocycles. The fourth-order valence-corrected chi connectivity index (χ4v) is 3.76. The highest BCUT2D eigenvalue weighted by Gasteiger charge is 2.13. The van der Waals surface area contributed by atoms with E-state index >= 15 is 0 Å². The zero-order chi connectivity index (χ0) is 20.3. The van der Waals surface area contributed by atoms with Crippen molar-refractivity contribution in [3.63, 3.8) is 0 Å². The molecule has 0 saturated heterocycles. The maximum absolute atomic E-state index is 12.6. The van der Waals surface area contributed by atoms with Gasteiger partial charge in [-0.25, -0.2) is 13.4 Å². The van der Waals surface area contributed by atoms with Crippen molar-refractivity contribution in [3.8, 4) is 5.75 Å². The number of aromatic nitrogens is 1. The number of anilines is 1. The first-order chi connectivity index (χ1) is 13.2. The van der Waals surface area contributed by atoms with Gasteiger partial charge >= 0.3 is 0 Å². The second-order valence-electron chi connectivity index (χ2n) is 6.38. The van der Waals surface area contributed by atoms with E-state index in [2.05, 4.69) is 10.3 Å². The van der Waals surface area contributed by atoms with E-state index in [1.54, 1.807) is 48.6 Å². The van der Waals surface area contributed by atoms with Crippen LogP contribution in [0.5, 0.6) is 5.75 Å². The highest BCUT2D eigenvalue weighted by Crippen LogP contribution is 2.22. The third-order valence-electron chi connectivity index (χ3n) is 4.03. The Bertz CT molecular complexity index is 1120. The predicted octanol–water partition coefficient (Wildman–Crippen LogP) is 3.99. The summed E-state index contributed by atoms with van der Waals surface area (Å²) in [6, 6.07) is 11.5. The summed E-state index contributed by atoms with van der Waals surface area (Å²) in [4.78, 5) is 17.1. The molecule has 0 bridgehead atoms. The first-order valence-corrected chi connectivity index (χ1v) is 11.3. The van der Waals surface area contributed by atoms with Crippen molar-refractivity contribution in [1.82, 2.24) is 4.98 Å². The number of amides is 1. The van der Waals surface area contributed by atoms with Crippen LogP contribution in [0.4, 0.5) is 5.69 Å². The second-order valence-corrected chi connectivity index (χ2v) is 9.46. The molecule has 3 aromatic rings. The van der Waals surface area contributed by atoms with Gasteiger partial charge < -0.3 is 10.1 Å². The maximum atomic E-state index is 12.6. The number of sulfone groups is 1. The van der Waals surface area contributed by atoms with Crippen LogP contribution < -0.4 is 10.1 Å². The van der Waals surface area contributed by atoms with Gasteiger partial charge in [-0.3, -0.25) is 4.79 Å². The third kappa shape index (κ3) is 4.96. The molecule has 0 radical (unpaired) electrons. The molecule has 0 fully saturated rings. The molecule has 3 rings (SSSR count). The lowest BCUT2D eigenvalue weighted by molar-refractivity contribution is 0.102. The van der Waals surface area contributed by atoms with Crippen LogP contribution in [0.3, 0.4) is 0 Å². The Balaban J connectivity index is 1.74. The van der Waals surface area contributed by atoms with E-state index in [-0.39, 0.29) is 10.8 Å². The van der Waals surface area contributed by atoms with Crippen molar-refractivity contribution in [1.29, 1.82) is 0 Å². The van der Waals surface area contributed by atoms with Gasteiger partial charge in [0.25, 0.3) is 5.91 Å². The van der Waals surface area contributed by atoms with Gasteiger partial charge in [0.2, 0.25) is 0 Å². The van der Waals surface area contributed by atoms with Crippen LogP contribution in [0.25, 0.3) is 0 Å². The summed E-state index contributed by atoms with van der Waals surface area (Å²) in [5.41, 5.74) is 2.48. The molecule has 0 aliphatic heterocycles. The molecule has 0 atom stereocenters. The van der Waals surface area contributed by atoms with Crippen molar-refractivity contribution in [2.45, 2.75) is 25.3 Å². The number of aryl methyl sites for hydroxylation is 2. The Morgan fingerprint density at radius 1 is 1.18 bits per heavy atom. The zero-order valence-corrected chi connectivity index (χ0v) is 17.4. The van der Waals surface area contributed by atoms with Gasteiger partial charge in [0.05, 0.1) is 15.6 Å². The maximum Gasteiger partial charge on any atom is 0.255 e. The minimum atomic E-state index is -3.36. The molecule has 0 spiro atoms. The van der Waals surface area contributed by atoms with Crippen LogP contribution in [0, 0.1) is 13.8 Å². The van der Waals surface area contributed by atoms with E-state index in [0.29, 0.717) is 23.6 Å². The summed E-state index contributed by atoms with van der Waals surface area (Å²) in [7, 11) is -3.36. The summed E-state index contributed by atoms with van der Waals surface area (Å²) >= 11 is 1.55. The van der Waals surface area contributed by atoms with Gasteiger partial charge in [-0.05, 0) is 49.7 Å². The molecule has 2 aromatic carbocycles. The van der Waals surface area contributed by atoms with Crippen LogP contribution in [0.1, 0.15) is 26.6 Å². The van der Waals surface area contributed by atoms with Crippen molar-refractivity contribution in [3.05, 3.63) is 69.7 Å². The number of carbonyl (C=O) groups is 1. The average Bonchev–Trinajstić information content (AvgIpc) is 3.06. The molecular weight excluding hydrogens is 396 g/mol. The Morgan fingerprint density at radius 3 is 2.64 bits per heavy atom. The highest BCUT2D eigenvalue weighted by molar-refractivity contribution is 7.90. The minimum Gasteiger partial charge on any atom is -0.487 e. The normalized spacial score (nSPS) is 11.2. The number of hydrogen-bond donors (Lipinski definition) is 1. The van der Waals surface area contributed by atoms with Crippen LogP contribution in [0.15, 0.2) is 52.7 Å². The van der Waals surface area contributed by atoms with Gasteiger partial charge in [-0.2, -0.15) is 0 Å². The van der Waals surface area contributed by atoms with E-state index in [0.717, 1.165) is 22.5 Å². The summed E-state index contributed by atoms with van der Waals surface area (Å²) < 4.78 is 29.2. The van der Waals surface area contributed by atoms with Crippen LogP contribution in [-0.2, 0) is 16.4 Å². The van der Waals surface area contributed by atoms with Crippen LogP contribution in [-0.4, -0.2) is 25.6 Å². The Labute approximate surface area is 168 Å². The second kappa shape index (κ2) is 8.12. The first-order valence-electron chi connectivity index (χ1n) is 8.48. The standard InChI is InChI=1S/C20H20N2O4S2/c1-13-7-8-18(28(3,24)25)10-19(13)22-20(23)15-5-4-6-17(9-15)26-11-16-12-27-14(2)21-16/h4-10,12H,11H2,1-3H3,(H,22,23). The first kappa shape index (κ1) is 20.0. The number of benzene rings is 2. The van der Waals surface area contributed by atoms with Gasteiger partial charge in [0.1, 0.15) is 12.4 Å². The molecule has 0 aliphatic carbocycles. The fourth-order valence-electron chi connectivity index (χ4n) is 2.52. The Morgan fingerprint density at radius 2 is 1.96 bits per heavy atom. The molecule has 0 unspecified atom stereocenters. The van der Waals surface area contributed by atoms with Crippen molar-refractivity contribution in [2.24, 2.45) is 0 Å². The van der Waals surface area contributed by atoms with Gasteiger partial charge in [-0.1, -0.05) is 12.1 Å². The van der Waals surface area contributed by atoms with Gasteiger partial charge in [0.15, 0.2) is 9.84 Å². The van der Waals surface area contributed by atoms with E-state index in [1.165, 1.54) is 12.1 Å². The molecule has 1 amide bonds. The molecule has 1 aromatic heterocycles. The summed E-state index contributed by atoms with van der Waals surface area (Å²) in [6.07, 6.45) is 1.13. The minimum absolute atomic E-state index is 0.157. The fraction of sp³-hybridized carbons (Fsp3) is 0.200.